The van der Waals surface area contributed by atoms with Crippen molar-refractivity contribution in [2.75, 3.05) is 24.3 Å². The van der Waals surface area contributed by atoms with Gasteiger partial charge in [-0.2, -0.15) is 0 Å². The van der Waals surface area contributed by atoms with Crippen LogP contribution in [0.15, 0.2) is 42.5 Å². The summed E-state index contributed by atoms with van der Waals surface area (Å²) in [6, 6.07) is 12.3. The highest BCUT2D eigenvalue weighted by Crippen LogP contribution is 2.31. The Balaban J connectivity index is 1.69. The quantitative estimate of drug-likeness (QED) is 0.800. The Bertz CT molecular complexity index is 764. The minimum Gasteiger partial charge on any atom is -0.390 e. The Hall–Kier alpha value is -2.24. The van der Waals surface area contributed by atoms with E-state index in [1.807, 2.05) is 49.3 Å². The first-order valence-electron chi connectivity index (χ1n) is 7.76. The number of amides is 2. The molecule has 0 heterocycles. The Morgan fingerprint density at radius 2 is 2.00 bits per heavy atom. The van der Waals surface area contributed by atoms with E-state index in [1.165, 1.54) is 0 Å². The summed E-state index contributed by atoms with van der Waals surface area (Å²) in [7, 11) is 3.81. The van der Waals surface area contributed by atoms with E-state index in [0.29, 0.717) is 17.1 Å². The molecule has 0 bridgehead atoms. The molecular formula is C18H20ClN3O2. The molecule has 5 nitrogen and oxygen atoms in total. The van der Waals surface area contributed by atoms with Gasteiger partial charge in [0, 0.05) is 26.2 Å². The van der Waals surface area contributed by atoms with Crippen LogP contribution in [-0.2, 0) is 6.42 Å². The number of hydrogen-bond donors (Lipinski definition) is 3. The lowest BCUT2D eigenvalue weighted by molar-refractivity contribution is 0.144. The Morgan fingerprint density at radius 3 is 2.71 bits per heavy atom. The second kappa shape index (κ2) is 6.71. The number of hydrogen-bond acceptors (Lipinski definition) is 3. The van der Waals surface area contributed by atoms with Crippen molar-refractivity contribution >= 4 is 29.0 Å². The number of benzene rings is 2. The zero-order valence-corrected chi connectivity index (χ0v) is 14.3. The predicted octanol–water partition coefficient (Wildman–Crippen LogP) is 3.19. The van der Waals surface area contributed by atoms with Gasteiger partial charge in [0.15, 0.2) is 0 Å². The first-order valence-corrected chi connectivity index (χ1v) is 8.14. The molecule has 0 saturated heterocycles. The van der Waals surface area contributed by atoms with Gasteiger partial charge in [-0.3, -0.25) is 0 Å². The number of nitrogens with zero attached hydrogens (tertiary/aromatic N) is 1. The molecule has 0 unspecified atom stereocenters. The smallest absolute Gasteiger partial charge is 0.319 e. The van der Waals surface area contributed by atoms with Crippen LogP contribution < -0.4 is 15.5 Å². The highest BCUT2D eigenvalue weighted by Gasteiger charge is 2.31. The van der Waals surface area contributed by atoms with Gasteiger partial charge in [0.05, 0.1) is 22.9 Å². The molecule has 0 aromatic heterocycles. The first-order chi connectivity index (χ1) is 11.5. The number of anilines is 2. The van der Waals surface area contributed by atoms with Gasteiger partial charge < -0.3 is 20.6 Å². The summed E-state index contributed by atoms with van der Waals surface area (Å²) in [6.07, 6.45) is -0.0716. The molecule has 0 spiro atoms. The molecule has 0 fully saturated rings. The molecule has 126 valence electrons. The SMILES string of the molecule is CN(C)c1ccc(NC(=O)N[C@@H]2c3ccccc3C[C@@H]2O)cc1Cl. The lowest BCUT2D eigenvalue weighted by Crippen LogP contribution is -2.36. The molecule has 0 saturated carbocycles. The molecule has 0 radical (unpaired) electrons. The van der Waals surface area contributed by atoms with Crippen LogP contribution in [0.2, 0.25) is 5.02 Å². The van der Waals surface area contributed by atoms with Gasteiger partial charge in [0.25, 0.3) is 0 Å². The van der Waals surface area contributed by atoms with E-state index in [1.54, 1.807) is 12.1 Å². The number of urea groups is 1. The topological polar surface area (TPSA) is 64.6 Å². The Kier molecular flexibility index (Phi) is 4.64. The third kappa shape index (κ3) is 3.32. The van der Waals surface area contributed by atoms with E-state index in [9.17, 15) is 9.90 Å². The summed E-state index contributed by atoms with van der Waals surface area (Å²) in [5.74, 6) is 0. The van der Waals surface area contributed by atoms with Crippen molar-refractivity contribution in [3.8, 4) is 0 Å². The van der Waals surface area contributed by atoms with Gasteiger partial charge >= 0.3 is 6.03 Å². The number of rotatable bonds is 3. The molecule has 3 N–H and O–H groups in total. The van der Waals surface area contributed by atoms with Crippen LogP contribution in [0.3, 0.4) is 0 Å². The van der Waals surface area contributed by atoms with Crippen LogP contribution in [0.4, 0.5) is 16.2 Å². The fourth-order valence-corrected chi connectivity index (χ4v) is 3.35. The van der Waals surface area contributed by atoms with Gasteiger partial charge in [-0.05, 0) is 29.3 Å². The summed E-state index contributed by atoms with van der Waals surface area (Å²) < 4.78 is 0. The fourth-order valence-electron chi connectivity index (χ4n) is 3.00. The number of nitrogens with one attached hydrogen (secondary N) is 2. The van der Waals surface area contributed by atoms with Crippen molar-refractivity contribution in [1.82, 2.24) is 5.32 Å². The first kappa shape index (κ1) is 16.6. The normalized spacial score (nSPS) is 18.8. The Morgan fingerprint density at radius 1 is 1.25 bits per heavy atom. The van der Waals surface area contributed by atoms with Crippen LogP contribution in [0, 0.1) is 0 Å². The molecule has 2 aromatic rings. The Labute approximate surface area is 146 Å². The van der Waals surface area contributed by atoms with Crippen LogP contribution in [0.1, 0.15) is 17.2 Å². The van der Waals surface area contributed by atoms with Crippen molar-refractivity contribution in [1.29, 1.82) is 0 Å². The van der Waals surface area contributed by atoms with Crippen LogP contribution in [0.25, 0.3) is 0 Å². The molecule has 1 aliphatic carbocycles. The van der Waals surface area contributed by atoms with E-state index in [4.69, 9.17) is 11.6 Å². The number of fused-ring (bicyclic) bond motifs is 1. The number of halogens is 1. The molecule has 2 amide bonds. The van der Waals surface area contributed by atoms with E-state index < -0.39 is 12.1 Å². The highest BCUT2D eigenvalue weighted by atomic mass is 35.5. The largest absolute Gasteiger partial charge is 0.390 e. The van der Waals surface area contributed by atoms with Gasteiger partial charge in [-0.1, -0.05) is 35.9 Å². The summed E-state index contributed by atoms with van der Waals surface area (Å²) in [4.78, 5) is 14.2. The van der Waals surface area contributed by atoms with Crippen LogP contribution >= 0.6 is 11.6 Å². The summed E-state index contributed by atoms with van der Waals surface area (Å²) in [5, 5.41) is 16.4. The molecular weight excluding hydrogens is 326 g/mol. The molecule has 6 heteroatoms. The minimum absolute atomic E-state index is 0.371. The van der Waals surface area contributed by atoms with Gasteiger partial charge in [0.1, 0.15) is 0 Å². The molecule has 24 heavy (non-hydrogen) atoms. The fraction of sp³-hybridized carbons (Fsp3) is 0.278. The minimum atomic E-state index is -0.618. The van der Waals surface area contributed by atoms with E-state index in [0.717, 1.165) is 16.8 Å². The number of aliphatic hydroxyl groups is 1. The molecule has 1 aliphatic rings. The van der Waals surface area contributed by atoms with Crippen molar-refractivity contribution in [3.63, 3.8) is 0 Å². The lowest BCUT2D eigenvalue weighted by atomic mass is 10.1. The molecule has 2 atom stereocenters. The maximum Gasteiger partial charge on any atom is 0.319 e. The number of carbonyl (C=O) groups excluding carboxylic acids is 1. The summed E-state index contributed by atoms with van der Waals surface area (Å²) >= 11 is 6.21. The number of carbonyl (C=O) groups is 1. The molecule has 0 aliphatic heterocycles. The van der Waals surface area contributed by atoms with E-state index in [2.05, 4.69) is 10.6 Å². The zero-order valence-electron chi connectivity index (χ0n) is 13.6. The van der Waals surface area contributed by atoms with E-state index >= 15 is 0 Å². The van der Waals surface area contributed by atoms with Crippen molar-refractivity contribution < 1.29 is 9.90 Å². The van der Waals surface area contributed by atoms with Crippen LogP contribution in [0.5, 0.6) is 0 Å². The zero-order chi connectivity index (χ0) is 17.3. The molecule has 2 aromatic carbocycles. The van der Waals surface area contributed by atoms with Gasteiger partial charge in [-0.25, -0.2) is 4.79 Å². The monoisotopic (exact) mass is 345 g/mol. The third-order valence-corrected chi connectivity index (χ3v) is 4.48. The second-order valence-electron chi connectivity index (χ2n) is 6.11. The standard InChI is InChI=1S/C18H20ClN3O2/c1-22(2)15-8-7-12(10-14(15)19)20-18(24)21-17-13-6-4-3-5-11(13)9-16(17)23/h3-8,10,16-17,23H,9H2,1-2H3,(H2,20,21,24)/t16-,17+/m0/s1. The summed E-state index contributed by atoms with van der Waals surface area (Å²) in [6.45, 7) is 0. The van der Waals surface area contributed by atoms with Gasteiger partial charge in [-0.15, -0.1) is 0 Å². The van der Waals surface area contributed by atoms with Crippen molar-refractivity contribution in [3.05, 3.63) is 58.6 Å². The van der Waals surface area contributed by atoms with Gasteiger partial charge in [0.2, 0.25) is 0 Å². The maximum absolute atomic E-state index is 12.3. The second-order valence-corrected chi connectivity index (χ2v) is 6.51. The summed E-state index contributed by atoms with van der Waals surface area (Å²) in [5.41, 5.74) is 3.50. The predicted molar refractivity (Wildman–Crippen MR) is 96.8 cm³/mol. The van der Waals surface area contributed by atoms with Crippen molar-refractivity contribution in [2.24, 2.45) is 0 Å². The average molecular weight is 346 g/mol. The van der Waals surface area contributed by atoms with E-state index in [-0.39, 0.29) is 6.03 Å². The lowest BCUT2D eigenvalue weighted by Gasteiger charge is -2.19. The third-order valence-electron chi connectivity index (χ3n) is 4.18. The maximum atomic E-state index is 12.3. The average Bonchev–Trinajstić information content (AvgIpc) is 2.83. The van der Waals surface area contributed by atoms with Crippen LogP contribution in [-0.4, -0.2) is 31.3 Å². The van der Waals surface area contributed by atoms with Crippen molar-refractivity contribution in [2.45, 2.75) is 18.6 Å². The highest BCUT2D eigenvalue weighted by molar-refractivity contribution is 6.33. The molecule has 3 rings (SSSR count). The number of aliphatic hydroxyl groups excluding tert-OH is 1.